The van der Waals surface area contributed by atoms with Crippen LogP contribution in [-0.2, 0) is 6.54 Å². The van der Waals surface area contributed by atoms with Gasteiger partial charge in [0.05, 0.1) is 31.4 Å². The van der Waals surface area contributed by atoms with Crippen LogP contribution in [0.5, 0.6) is 11.5 Å². The van der Waals surface area contributed by atoms with Gasteiger partial charge in [-0.1, -0.05) is 31.5 Å². The Morgan fingerprint density at radius 1 is 0.960 bits per heavy atom. The molecule has 0 aromatic heterocycles. The fourth-order valence-corrected chi connectivity index (χ4v) is 2.82. The zero-order valence-electron chi connectivity index (χ0n) is 14.5. The first-order valence-electron chi connectivity index (χ1n) is 8.40. The SMILES string of the molecule is CCCCOc1ccc(CN2C(=O)c3ccccc3C2=O)cc1OC. The van der Waals surface area contributed by atoms with Crippen LogP contribution < -0.4 is 9.47 Å². The summed E-state index contributed by atoms with van der Waals surface area (Å²) in [6.07, 6.45) is 2.03. The van der Waals surface area contributed by atoms with Gasteiger partial charge >= 0.3 is 0 Å². The Labute approximate surface area is 147 Å². The highest BCUT2D eigenvalue weighted by molar-refractivity contribution is 6.21. The summed E-state index contributed by atoms with van der Waals surface area (Å²) in [6, 6.07) is 12.4. The number of ether oxygens (including phenoxy) is 2. The predicted molar refractivity (Wildman–Crippen MR) is 94.0 cm³/mol. The van der Waals surface area contributed by atoms with Crippen LogP contribution in [-0.4, -0.2) is 30.4 Å². The van der Waals surface area contributed by atoms with Crippen molar-refractivity contribution in [2.24, 2.45) is 0 Å². The van der Waals surface area contributed by atoms with Crippen molar-refractivity contribution in [2.75, 3.05) is 13.7 Å². The molecule has 0 fully saturated rings. The van der Waals surface area contributed by atoms with Gasteiger partial charge in [-0.3, -0.25) is 14.5 Å². The average molecular weight is 339 g/mol. The third kappa shape index (κ3) is 3.36. The standard InChI is InChI=1S/C20H21NO4/c1-3-4-11-25-17-10-9-14(12-18(17)24-2)13-21-19(22)15-7-5-6-8-16(15)20(21)23/h5-10,12H,3-4,11,13H2,1-2H3. The predicted octanol–water partition coefficient (Wildman–Crippen LogP) is 3.67. The molecular weight excluding hydrogens is 318 g/mol. The molecule has 130 valence electrons. The maximum absolute atomic E-state index is 12.5. The molecule has 0 radical (unpaired) electrons. The smallest absolute Gasteiger partial charge is 0.261 e. The molecule has 1 aliphatic heterocycles. The van der Waals surface area contributed by atoms with E-state index >= 15 is 0 Å². The first kappa shape index (κ1) is 17.0. The van der Waals surface area contributed by atoms with Crippen molar-refractivity contribution in [3.63, 3.8) is 0 Å². The van der Waals surface area contributed by atoms with Crippen LogP contribution in [0.2, 0.25) is 0 Å². The van der Waals surface area contributed by atoms with Crippen molar-refractivity contribution in [2.45, 2.75) is 26.3 Å². The number of imide groups is 1. The van der Waals surface area contributed by atoms with Crippen LogP contribution in [0.1, 0.15) is 46.0 Å². The molecule has 0 unspecified atom stereocenters. The third-order valence-corrected chi connectivity index (χ3v) is 4.20. The molecule has 0 spiro atoms. The topological polar surface area (TPSA) is 55.8 Å². The first-order chi connectivity index (χ1) is 12.2. The number of hydrogen-bond donors (Lipinski definition) is 0. The first-order valence-corrected chi connectivity index (χ1v) is 8.40. The Kier molecular flexibility index (Phi) is 5.03. The molecule has 5 nitrogen and oxygen atoms in total. The normalized spacial score (nSPS) is 13.1. The van der Waals surface area contributed by atoms with E-state index in [0.717, 1.165) is 18.4 Å². The minimum Gasteiger partial charge on any atom is -0.493 e. The molecule has 0 aliphatic carbocycles. The van der Waals surface area contributed by atoms with E-state index in [-0.39, 0.29) is 18.4 Å². The molecule has 0 atom stereocenters. The summed E-state index contributed by atoms with van der Waals surface area (Å²) in [6.45, 7) is 2.94. The second kappa shape index (κ2) is 7.38. The van der Waals surface area contributed by atoms with Crippen LogP contribution in [0, 0.1) is 0 Å². The minimum absolute atomic E-state index is 0.206. The number of unbranched alkanes of at least 4 members (excludes halogenated alkanes) is 1. The number of carbonyl (C=O) groups is 2. The zero-order chi connectivity index (χ0) is 17.8. The van der Waals surface area contributed by atoms with Gasteiger partial charge in [-0.2, -0.15) is 0 Å². The number of rotatable bonds is 7. The summed E-state index contributed by atoms with van der Waals surface area (Å²) in [5.74, 6) is 0.748. The molecule has 0 saturated carbocycles. The van der Waals surface area contributed by atoms with Crippen molar-refractivity contribution in [3.05, 3.63) is 59.2 Å². The number of benzene rings is 2. The van der Waals surface area contributed by atoms with E-state index in [1.54, 1.807) is 31.4 Å². The van der Waals surface area contributed by atoms with Crippen LogP contribution >= 0.6 is 0 Å². The third-order valence-electron chi connectivity index (χ3n) is 4.20. The van der Waals surface area contributed by atoms with Crippen molar-refractivity contribution in [1.82, 2.24) is 4.90 Å². The maximum Gasteiger partial charge on any atom is 0.261 e. The quantitative estimate of drug-likeness (QED) is 0.570. The highest BCUT2D eigenvalue weighted by atomic mass is 16.5. The lowest BCUT2D eigenvalue weighted by Gasteiger charge is -2.16. The van der Waals surface area contributed by atoms with Crippen LogP contribution in [0.4, 0.5) is 0 Å². The number of methoxy groups -OCH3 is 1. The maximum atomic E-state index is 12.5. The van der Waals surface area contributed by atoms with Crippen LogP contribution in [0.25, 0.3) is 0 Å². The molecule has 3 rings (SSSR count). The summed E-state index contributed by atoms with van der Waals surface area (Å²) in [5, 5.41) is 0. The van der Waals surface area contributed by atoms with Crippen molar-refractivity contribution in [3.8, 4) is 11.5 Å². The van der Waals surface area contributed by atoms with E-state index in [0.29, 0.717) is 29.2 Å². The Hall–Kier alpha value is -2.82. The summed E-state index contributed by atoms with van der Waals surface area (Å²) >= 11 is 0. The number of nitrogens with zero attached hydrogens (tertiary/aromatic N) is 1. The van der Waals surface area contributed by atoms with Gasteiger partial charge in [0.2, 0.25) is 0 Å². The molecular formula is C20H21NO4. The van der Waals surface area contributed by atoms with E-state index in [1.165, 1.54) is 4.90 Å². The average Bonchev–Trinajstić information content (AvgIpc) is 2.88. The second-order valence-electron chi connectivity index (χ2n) is 5.93. The van der Waals surface area contributed by atoms with E-state index in [2.05, 4.69) is 6.92 Å². The minimum atomic E-state index is -0.261. The highest BCUT2D eigenvalue weighted by Crippen LogP contribution is 2.30. The van der Waals surface area contributed by atoms with Gasteiger partial charge in [0.15, 0.2) is 11.5 Å². The van der Waals surface area contributed by atoms with Crippen molar-refractivity contribution in [1.29, 1.82) is 0 Å². The van der Waals surface area contributed by atoms with Crippen molar-refractivity contribution >= 4 is 11.8 Å². The Morgan fingerprint density at radius 3 is 2.24 bits per heavy atom. The van der Waals surface area contributed by atoms with Gasteiger partial charge < -0.3 is 9.47 Å². The highest BCUT2D eigenvalue weighted by Gasteiger charge is 2.35. The Bertz CT molecular complexity index is 765. The zero-order valence-corrected chi connectivity index (χ0v) is 14.5. The lowest BCUT2D eigenvalue weighted by atomic mass is 10.1. The largest absolute Gasteiger partial charge is 0.493 e. The summed E-state index contributed by atoms with van der Waals surface area (Å²) in [7, 11) is 1.58. The molecule has 0 saturated heterocycles. The molecule has 2 aromatic rings. The molecule has 25 heavy (non-hydrogen) atoms. The Morgan fingerprint density at radius 2 is 1.64 bits per heavy atom. The lowest BCUT2D eigenvalue weighted by Crippen LogP contribution is -2.29. The van der Waals surface area contributed by atoms with Gasteiger partial charge in [-0.15, -0.1) is 0 Å². The number of hydrogen-bond acceptors (Lipinski definition) is 4. The Balaban J connectivity index is 1.77. The number of fused-ring (bicyclic) bond motifs is 1. The van der Waals surface area contributed by atoms with E-state index in [4.69, 9.17) is 9.47 Å². The monoisotopic (exact) mass is 339 g/mol. The summed E-state index contributed by atoms with van der Waals surface area (Å²) in [5.41, 5.74) is 1.73. The molecule has 0 bridgehead atoms. The van der Waals surface area contributed by atoms with E-state index in [9.17, 15) is 9.59 Å². The summed E-state index contributed by atoms with van der Waals surface area (Å²) < 4.78 is 11.1. The van der Waals surface area contributed by atoms with Gasteiger partial charge in [0.25, 0.3) is 11.8 Å². The summed E-state index contributed by atoms with van der Waals surface area (Å²) in [4.78, 5) is 26.2. The fraction of sp³-hybridized carbons (Fsp3) is 0.300. The van der Waals surface area contributed by atoms with Crippen molar-refractivity contribution < 1.29 is 19.1 Å². The van der Waals surface area contributed by atoms with E-state index < -0.39 is 0 Å². The van der Waals surface area contributed by atoms with Crippen LogP contribution in [0.3, 0.4) is 0 Å². The molecule has 2 amide bonds. The molecule has 1 heterocycles. The number of amides is 2. The van der Waals surface area contributed by atoms with Gasteiger partial charge in [0.1, 0.15) is 0 Å². The lowest BCUT2D eigenvalue weighted by molar-refractivity contribution is 0.0642. The molecule has 5 heteroatoms. The molecule has 1 aliphatic rings. The van der Waals surface area contributed by atoms with Gasteiger partial charge in [-0.25, -0.2) is 0 Å². The van der Waals surface area contributed by atoms with E-state index in [1.807, 2.05) is 18.2 Å². The molecule has 0 N–H and O–H groups in total. The second-order valence-corrected chi connectivity index (χ2v) is 5.93. The fourth-order valence-electron chi connectivity index (χ4n) is 2.82. The van der Waals surface area contributed by atoms with Gasteiger partial charge in [-0.05, 0) is 36.2 Å². The van der Waals surface area contributed by atoms with Gasteiger partial charge in [0, 0.05) is 0 Å². The van der Waals surface area contributed by atoms with Crippen LogP contribution in [0.15, 0.2) is 42.5 Å². The number of carbonyl (C=O) groups excluding carboxylic acids is 2. The molecule has 2 aromatic carbocycles.